The Morgan fingerprint density at radius 2 is 2.08 bits per heavy atom. The molecule has 0 spiro atoms. The van der Waals surface area contributed by atoms with E-state index in [0.717, 1.165) is 62.1 Å². The predicted molar refractivity (Wildman–Crippen MR) is 96.3 cm³/mol. The Bertz CT molecular complexity index is 651. The summed E-state index contributed by atoms with van der Waals surface area (Å²) in [4.78, 5) is 25.8. The number of anilines is 1. The van der Waals surface area contributed by atoms with Crippen LogP contribution >= 0.6 is 0 Å². The molecule has 1 aromatic rings. The number of ether oxygens (including phenoxy) is 2. The third kappa shape index (κ3) is 3.56. The minimum Gasteiger partial charge on any atom is -0.465 e. The summed E-state index contributed by atoms with van der Waals surface area (Å²) in [5.74, 6) is -0.000190. The molecule has 1 saturated heterocycles. The fraction of sp³-hybridized carbons (Fsp3) is 0.600. The van der Waals surface area contributed by atoms with E-state index >= 15 is 0 Å². The van der Waals surface area contributed by atoms with Crippen molar-refractivity contribution in [2.45, 2.75) is 45.1 Å². The van der Waals surface area contributed by atoms with Crippen molar-refractivity contribution in [3.63, 3.8) is 0 Å². The molecule has 1 aliphatic carbocycles. The summed E-state index contributed by atoms with van der Waals surface area (Å²) in [6.07, 6.45) is 3.88. The molecule has 0 bridgehead atoms. The fourth-order valence-corrected chi connectivity index (χ4v) is 3.93. The summed E-state index contributed by atoms with van der Waals surface area (Å²) >= 11 is 0. The average molecular weight is 345 g/mol. The van der Waals surface area contributed by atoms with Crippen LogP contribution in [0.1, 0.15) is 53.6 Å². The normalized spacial score (nSPS) is 23.2. The van der Waals surface area contributed by atoms with E-state index in [1.54, 1.807) is 0 Å². The van der Waals surface area contributed by atoms with Crippen LogP contribution in [0.4, 0.5) is 5.69 Å². The molecule has 136 valence electrons. The van der Waals surface area contributed by atoms with Crippen LogP contribution in [0, 0.1) is 12.8 Å². The Labute approximate surface area is 149 Å². The van der Waals surface area contributed by atoms with Gasteiger partial charge in [0.05, 0.1) is 12.7 Å². The molecule has 0 amide bonds. The highest BCUT2D eigenvalue weighted by Gasteiger charge is 2.39. The van der Waals surface area contributed by atoms with Crippen molar-refractivity contribution >= 4 is 17.9 Å². The van der Waals surface area contributed by atoms with Crippen LogP contribution < -0.4 is 4.90 Å². The monoisotopic (exact) mass is 345 g/mol. The van der Waals surface area contributed by atoms with Gasteiger partial charge in [0.15, 0.2) is 0 Å². The van der Waals surface area contributed by atoms with Gasteiger partial charge in [0, 0.05) is 37.4 Å². The maximum absolute atomic E-state index is 12.3. The number of hydrogen-bond donors (Lipinski definition) is 0. The van der Waals surface area contributed by atoms with Gasteiger partial charge in [-0.3, -0.25) is 0 Å². The zero-order valence-electron chi connectivity index (χ0n) is 15.3. The van der Waals surface area contributed by atoms with E-state index in [9.17, 15) is 9.59 Å². The highest BCUT2D eigenvalue weighted by molar-refractivity contribution is 5.93. The minimum absolute atomic E-state index is 0.0826. The minimum atomic E-state index is -0.313. The van der Waals surface area contributed by atoms with Crippen molar-refractivity contribution in [1.29, 1.82) is 0 Å². The molecular weight excluding hydrogens is 318 g/mol. The Balaban J connectivity index is 2.02. The van der Waals surface area contributed by atoms with Gasteiger partial charge in [0.1, 0.15) is 6.29 Å². The van der Waals surface area contributed by atoms with Crippen LogP contribution in [0.25, 0.3) is 0 Å². The number of carbonyl (C=O) groups is 2. The largest absolute Gasteiger partial charge is 0.465 e. The zero-order chi connectivity index (χ0) is 18.0. The van der Waals surface area contributed by atoms with E-state index in [1.165, 1.54) is 7.11 Å². The smallest absolute Gasteiger partial charge is 0.338 e. The van der Waals surface area contributed by atoms with Crippen LogP contribution in [0.15, 0.2) is 12.1 Å². The fourth-order valence-electron chi connectivity index (χ4n) is 3.93. The van der Waals surface area contributed by atoms with Gasteiger partial charge in [-0.25, -0.2) is 4.79 Å². The van der Waals surface area contributed by atoms with Crippen molar-refractivity contribution in [3.8, 4) is 0 Å². The third-order valence-corrected chi connectivity index (χ3v) is 5.53. The van der Waals surface area contributed by atoms with E-state index in [2.05, 4.69) is 17.9 Å². The first-order chi connectivity index (χ1) is 12.1. The van der Waals surface area contributed by atoms with Crippen LogP contribution in [0.2, 0.25) is 0 Å². The number of methoxy groups -OCH3 is 1. The van der Waals surface area contributed by atoms with E-state index in [4.69, 9.17) is 9.47 Å². The molecule has 3 rings (SSSR count). The van der Waals surface area contributed by atoms with Gasteiger partial charge >= 0.3 is 5.97 Å². The zero-order valence-corrected chi connectivity index (χ0v) is 15.3. The quantitative estimate of drug-likeness (QED) is 0.586. The second kappa shape index (κ2) is 7.56. The molecule has 2 atom stereocenters. The lowest BCUT2D eigenvalue weighted by atomic mass is 9.96. The van der Waals surface area contributed by atoms with Crippen molar-refractivity contribution in [2.24, 2.45) is 5.92 Å². The van der Waals surface area contributed by atoms with E-state index in [1.807, 2.05) is 13.0 Å². The SMILES string of the molecule is CCN(c1cc(C2CC2C=O)cc(C(=O)OC)c1C)C1CCOCC1. The summed E-state index contributed by atoms with van der Waals surface area (Å²) in [7, 11) is 1.41. The number of aldehydes is 1. The Morgan fingerprint density at radius 1 is 1.36 bits per heavy atom. The molecule has 5 nitrogen and oxygen atoms in total. The first-order valence-corrected chi connectivity index (χ1v) is 9.13. The van der Waals surface area contributed by atoms with Crippen LogP contribution in [-0.4, -0.2) is 45.2 Å². The highest BCUT2D eigenvalue weighted by Crippen LogP contribution is 2.47. The molecule has 2 aliphatic rings. The van der Waals surface area contributed by atoms with Crippen LogP contribution in [-0.2, 0) is 14.3 Å². The summed E-state index contributed by atoms with van der Waals surface area (Å²) in [6.45, 7) is 6.55. The van der Waals surface area contributed by atoms with Gasteiger partial charge in [0.25, 0.3) is 0 Å². The van der Waals surface area contributed by atoms with Gasteiger partial charge in [-0.15, -0.1) is 0 Å². The Morgan fingerprint density at radius 3 is 2.64 bits per heavy atom. The topological polar surface area (TPSA) is 55.8 Å². The van der Waals surface area contributed by atoms with Gasteiger partial charge in [0.2, 0.25) is 0 Å². The number of esters is 1. The van der Waals surface area contributed by atoms with Crippen LogP contribution in [0.3, 0.4) is 0 Å². The first-order valence-electron chi connectivity index (χ1n) is 9.13. The van der Waals surface area contributed by atoms with Gasteiger partial charge in [-0.1, -0.05) is 0 Å². The van der Waals surface area contributed by atoms with Crippen molar-refractivity contribution in [1.82, 2.24) is 0 Å². The third-order valence-electron chi connectivity index (χ3n) is 5.53. The molecule has 1 saturated carbocycles. The average Bonchev–Trinajstić information content (AvgIpc) is 3.44. The van der Waals surface area contributed by atoms with Crippen molar-refractivity contribution in [3.05, 3.63) is 28.8 Å². The van der Waals surface area contributed by atoms with Crippen LogP contribution in [0.5, 0.6) is 0 Å². The number of nitrogens with zero attached hydrogens (tertiary/aromatic N) is 1. The lowest BCUT2D eigenvalue weighted by molar-refractivity contribution is -0.108. The summed E-state index contributed by atoms with van der Waals surface area (Å²) < 4.78 is 10.5. The molecule has 2 fully saturated rings. The number of hydrogen-bond acceptors (Lipinski definition) is 5. The van der Waals surface area contributed by atoms with Crippen molar-refractivity contribution in [2.75, 3.05) is 31.8 Å². The molecule has 0 N–H and O–H groups in total. The molecule has 25 heavy (non-hydrogen) atoms. The first kappa shape index (κ1) is 17.9. The molecule has 0 aromatic heterocycles. The molecule has 1 aromatic carbocycles. The number of carbonyl (C=O) groups excluding carboxylic acids is 2. The van der Waals surface area contributed by atoms with Gasteiger partial charge in [-0.05, 0) is 62.3 Å². The summed E-state index contributed by atoms with van der Waals surface area (Å²) in [6, 6.07) is 4.50. The summed E-state index contributed by atoms with van der Waals surface area (Å²) in [5.41, 5.74) is 3.72. The second-order valence-electron chi connectivity index (χ2n) is 6.98. The van der Waals surface area contributed by atoms with E-state index in [0.29, 0.717) is 11.6 Å². The molecule has 1 heterocycles. The molecule has 2 unspecified atom stereocenters. The summed E-state index contributed by atoms with van der Waals surface area (Å²) in [5, 5.41) is 0. The number of rotatable bonds is 6. The predicted octanol–water partition coefficient (Wildman–Crippen LogP) is 3.09. The lowest BCUT2D eigenvalue weighted by Crippen LogP contribution is -2.40. The Hall–Kier alpha value is -1.88. The molecule has 5 heteroatoms. The Kier molecular flexibility index (Phi) is 5.42. The molecular formula is C20H27NO4. The number of benzene rings is 1. The maximum atomic E-state index is 12.3. The molecule has 1 aliphatic heterocycles. The standard InChI is InChI=1S/C20H27NO4/c1-4-21(16-5-7-25-8-6-16)19-11-14(18-10-15(18)12-22)9-17(13(19)2)20(23)24-3/h9,11-12,15-16,18H,4-8,10H2,1-3H3. The lowest BCUT2D eigenvalue weighted by Gasteiger charge is -2.37. The highest BCUT2D eigenvalue weighted by atomic mass is 16.5. The second-order valence-corrected chi connectivity index (χ2v) is 6.98. The van der Waals surface area contributed by atoms with E-state index < -0.39 is 0 Å². The van der Waals surface area contributed by atoms with Gasteiger partial charge < -0.3 is 19.2 Å². The van der Waals surface area contributed by atoms with E-state index in [-0.39, 0.29) is 17.8 Å². The maximum Gasteiger partial charge on any atom is 0.338 e. The van der Waals surface area contributed by atoms with Crippen molar-refractivity contribution < 1.29 is 19.1 Å². The molecule has 0 radical (unpaired) electrons. The van der Waals surface area contributed by atoms with Gasteiger partial charge in [-0.2, -0.15) is 0 Å².